The molecule has 3 unspecified atom stereocenters. The van der Waals surface area contributed by atoms with Crippen molar-refractivity contribution in [1.82, 2.24) is 0 Å². The summed E-state index contributed by atoms with van der Waals surface area (Å²) in [6, 6.07) is 0. The Balaban J connectivity index is 2.80. The number of ether oxygens (including phenoxy) is 1. The summed E-state index contributed by atoms with van der Waals surface area (Å²) in [5, 5.41) is 0.879. The summed E-state index contributed by atoms with van der Waals surface area (Å²) >= 11 is 8.43. The minimum Gasteiger partial charge on any atom is -0.348 e. The minimum atomic E-state index is -0.125. The van der Waals surface area contributed by atoms with Crippen LogP contribution in [-0.2, 0) is 4.74 Å². The summed E-state index contributed by atoms with van der Waals surface area (Å²) in [7, 11) is 0. The molecule has 3 atom stereocenters. The van der Waals surface area contributed by atoms with Gasteiger partial charge in [0.05, 0.1) is 10.9 Å². The van der Waals surface area contributed by atoms with Crippen molar-refractivity contribution < 1.29 is 4.74 Å². The van der Waals surface area contributed by atoms with Crippen molar-refractivity contribution in [3.05, 3.63) is 0 Å². The van der Waals surface area contributed by atoms with Crippen molar-refractivity contribution in [2.24, 2.45) is 11.8 Å². The smallest absolute Gasteiger partial charge is 0.179 e. The first-order valence-electron chi connectivity index (χ1n) is 6.99. The molecule has 0 aromatic rings. The third-order valence-electron chi connectivity index (χ3n) is 4.41. The highest BCUT2D eigenvalue weighted by Crippen LogP contribution is 2.48. The van der Waals surface area contributed by atoms with Gasteiger partial charge >= 0.3 is 0 Å². The molecule has 1 aliphatic carbocycles. The molecule has 0 aromatic heterocycles. The second-order valence-electron chi connectivity index (χ2n) is 5.73. The van der Waals surface area contributed by atoms with Crippen LogP contribution in [-0.4, -0.2) is 12.5 Å². The number of hydrogen-bond acceptors (Lipinski definition) is 1. The maximum atomic E-state index is 6.56. The average molecular weight is 543 g/mol. The molecule has 0 saturated heterocycles. The standard InChI is InChI=1S/C14H25BrI2O/c1-4-5-8-12-9-6-7-11(2)13(12,3)18-14(16,17)10-15/h11-12H,4-10H2,1-3H3. The van der Waals surface area contributed by atoms with Crippen molar-refractivity contribution in [2.45, 2.75) is 66.5 Å². The molecule has 0 bridgehead atoms. The third kappa shape index (κ3) is 4.72. The lowest BCUT2D eigenvalue weighted by molar-refractivity contribution is -0.135. The first-order chi connectivity index (χ1) is 8.35. The Morgan fingerprint density at radius 2 is 2.06 bits per heavy atom. The van der Waals surface area contributed by atoms with Crippen LogP contribution in [0, 0.1) is 11.8 Å². The summed E-state index contributed by atoms with van der Waals surface area (Å²) in [5.41, 5.74) is 0.0452. The number of halogens is 3. The Labute approximate surface area is 148 Å². The Morgan fingerprint density at radius 3 is 2.61 bits per heavy atom. The van der Waals surface area contributed by atoms with E-state index in [-0.39, 0.29) is 7.22 Å². The molecule has 1 rings (SSSR count). The molecule has 4 heteroatoms. The van der Waals surface area contributed by atoms with E-state index in [0.717, 1.165) is 11.2 Å². The van der Waals surface area contributed by atoms with Gasteiger partial charge in [-0.15, -0.1) is 0 Å². The van der Waals surface area contributed by atoms with Crippen LogP contribution < -0.4 is 0 Å². The van der Waals surface area contributed by atoms with Crippen LogP contribution in [0.5, 0.6) is 0 Å². The van der Waals surface area contributed by atoms with Gasteiger partial charge in [0.15, 0.2) is 1.61 Å². The van der Waals surface area contributed by atoms with Gasteiger partial charge in [0.25, 0.3) is 0 Å². The van der Waals surface area contributed by atoms with Gasteiger partial charge in [0, 0.05) is 0 Å². The van der Waals surface area contributed by atoms with Gasteiger partial charge in [-0.25, -0.2) is 0 Å². The fourth-order valence-electron chi connectivity index (χ4n) is 3.06. The fourth-order valence-corrected chi connectivity index (χ4v) is 4.12. The molecular formula is C14H25BrI2O. The Morgan fingerprint density at radius 1 is 1.39 bits per heavy atom. The number of hydrogen-bond donors (Lipinski definition) is 0. The first kappa shape index (κ1) is 18.0. The molecule has 18 heavy (non-hydrogen) atoms. The van der Waals surface area contributed by atoms with E-state index in [2.05, 4.69) is 81.9 Å². The summed E-state index contributed by atoms with van der Waals surface area (Å²) in [5.74, 6) is 1.39. The maximum Gasteiger partial charge on any atom is 0.179 e. The van der Waals surface area contributed by atoms with E-state index in [9.17, 15) is 0 Å². The van der Waals surface area contributed by atoms with Crippen LogP contribution in [0.1, 0.15) is 59.3 Å². The lowest BCUT2D eigenvalue weighted by atomic mass is 9.68. The zero-order valence-electron chi connectivity index (χ0n) is 11.6. The van der Waals surface area contributed by atoms with Crippen LogP contribution in [0.3, 0.4) is 0 Å². The van der Waals surface area contributed by atoms with Gasteiger partial charge in [-0.2, -0.15) is 0 Å². The molecule has 0 aliphatic heterocycles. The monoisotopic (exact) mass is 542 g/mol. The highest BCUT2D eigenvalue weighted by Gasteiger charge is 2.46. The van der Waals surface area contributed by atoms with Crippen LogP contribution >= 0.6 is 61.1 Å². The lowest BCUT2D eigenvalue weighted by Crippen LogP contribution is -2.50. The van der Waals surface area contributed by atoms with E-state index in [1.807, 2.05) is 0 Å². The molecule has 0 heterocycles. The summed E-state index contributed by atoms with van der Waals surface area (Å²) < 4.78 is 6.44. The van der Waals surface area contributed by atoms with E-state index >= 15 is 0 Å². The molecule has 108 valence electrons. The Bertz CT molecular complexity index is 260. The highest BCUT2D eigenvalue weighted by molar-refractivity contribution is 14.2. The van der Waals surface area contributed by atoms with Gasteiger partial charge in [0.1, 0.15) is 0 Å². The van der Waals surface area contributed by atoms with Crippen LogP contribution in [0.25, 0.3) is 0 Å². The lowest BCUT2D eigenvalue weighted by Gasteiger charge is -2.48. The van der Waals surface area contributed by atoms with Gasteiger partial charge in [0.2, 0.25) is 0 Å². The summed E-state index contributed by atoms with van der Waals surface area (Å²) in [4.78, 5) is 0. The van der Waals surface area contributed by atoms with Crippen LogP contribution in [0.2, 0.25) is 0 Å². The van der Waals surface area contributed by atoms with E-state index in [1.165, 1.54) is 38.5 Å². The molecule has 0 spiro atoms. The predicted octanol–water partition coefficient (Wildman–Crippen LogP) is 6.31. The predicted molar refractivity (Wildman–Crippen MR) is 100 cm³/mol. The molecule has 1 nitrogen and oxygen atoms in total. The average Bonchev–Trinajstić information content (AvgIpc) is 2.31. The van der Waals surface area contributed by atoms with Gasteiger partial charge in [-0.1, -0.05) is 49.0 Å². The Hall–Kier alpha value is 1.90. The van der Waals surface area contributed by atoms with Crippen molar-refractivity contribution in [3.63, 3.8) is 0 Å². The van der Waals surface area contributed by atoms with Crippen molar-refractivity contribution in [1.29, 1.82) is 0 Å². The molecule has 0 amide bonds. The van der Waals surface area contributed by atoms with Crippen LogP contribution in [0.15, 0.2) is 0 Å². The van der Waals surface area contributed by atoms with E-state index in [1.54, 1.807) is 0 Å². The second kappa shape index (κ2) is 7.78. The molecule has 0 radical (unpaired) electrons. The topological polar surface area (TPSA) is 9.23 Å². The van der Waals surface area contributed by atoms with Gasteiger partial charge in [-0.3, -0.25) is 0 Å². The quantitative estimate of drug-likeness (QED) is 0.282. The van der Waals surface area contributed by atoms with E-state index in [0.29, 0.717) is 5.92 Å². The normalized spacial score (nSPS) is 33.7. The first-order valence-corrected chi connectivity index (χ1v) is 10.3. The maximum absolute atomic E-state index is 6.56. The molecule has 0 N–H and O–H groups in total. The largest absolute Gasteiger partial charge is 0.348 e. The minimum absolute atomic E-state index is 0.0452. The van der Waals surface area contributed by atoms with Gasteiger partial charge < -0.3 is 4.74 Å². The summed E-state index contributed by atoms with van der Waals surface area (Å²) in [6.07, 6.45) is 7.97. The molecule has 1 saturated carbocycles. The molecular weight excluding hydrogens is 518 g/mol. The van der Waals surface area contributed by atoms with E-state index < -0.39 is 0 Å². The SMILES string of the molecule is CCCCC1CCCC(C)C1(C)OC(I)(I)CBr. The van der Waals surface area contributed by atoms with Crippen molar-refractivity contribution in [3.8, 4) is 0 Å². The zero-order valence-corrected chi connectivity index (χ0v) is 17.5. The Kier molecular flexibility index (Phi) is 7.76. The summed E-state index contributed by atoms with van der Waals surface area (Å²) in [6.45, 7) is 7.01. The molecule has 1 fully saturated rings. The zero-order chi connectivity index (χ0) is 13.8. The fraction of sp³-hybridized carbons (Fsp3) is 1.00. The van der Waals surface area contributed by atoms with Crippen molar-refractivity contribution in [2.75, 3.05) is 5.33 Å². The van der Waals surface area contributed by atoms with E-state index in [4.69, 9.17) is 4.74 Å². The molecule has 0 aromatic carbocycles. The number of rotatable bonds is 6. The van der Waals surface area contributed by atoms with Crippen molar-refractivity contribution >= 4 is 61.1 Å². The van der Waals surface area contributed by atoms with Crippen LogP contribution in [0.4, 0.5) is 0 Å². The molecule has 1 aliphatic rings. The number of unbranched alkanes of at least 4 members (excludes halogenated alkanes) is 1. The highest BCUT2D eigenvalue weighted by atomic mass is 127. The third-order valence-corrected chi connectivity index (χ3v) is 8.50. The second-order valence-corrected chi connectivity index (χ2v) is 11.8. The van der Waals surface area contributed by atoms with Gasteiger partial charge in [-0.05, 0) is 83.2 Å². The number of alkyl halides is 3.